The van der Waals surface area contributed by atoms with Gasteiger partial charge in [-0.15, -0.1) is 0 Å². The molecule has 0 rings (SSSR count). The average molecular weight is 203 g/mol. The van der Waals surface area contributed by atoms with Crippen molar-refractivity contribution in [1.82, 2.24) is 5.32 Å². The molecule has 86 valence electrons. The van der Waals surface area contributed by atoms with Crippen molar-refractivity contribution in [3.8, 4) is 0 Å². The van der Waals surface area contributed by atoms with E-state index in [9.17, 15) is 5.11 Å². The highest BCUT2D eigenvalue weighted by atomic mass is 16.5. The normalized spacial score (nSPS) is 15.4. The van der Waals surface area contributed by atoms with Gasteiger partial charge in [0.25, 0.3) is 0 Å². The highest BCUT2D eigenvalue weighted by Crippen LogP contribution is 2.00. The minimum Gasteiger partial charge on any atom is -0.389 e. The Hall–Kier alpha value is -0.120. The number of aliphatic hydroxyl groups excluding tert-OH is 1. The molecule has 2 unspecified atom stereocenters. The third kappa shape index (κ3) is 7.30. The second-order valence-corrected chi connectivity index (χ2v) is 3.62. The predicted molar refractivity (Wildman–Crippen MR) is 59.5 cm³/mol. The lowest BCUT2D eigenvalue weighted by atomic mass is 10.1. The molecular weight excluding hydrogens is 178 g/mol. The Balaban J connectivity index is 3.46. The first-order chi connectivity index (χ1) is 6.74. The van der Waals surface area contributed by atoms with Gasteiger partial charge in [0.1, 0.15) is 0 Å². The molecule has 3 nitrogen and oxygen atoms in total. The topological polar surface area (TPSA) is 41.5 Å². The van der Waals surface area contributed by atoms with Crippen LogP contribution in [0.25, 0.3) is 0 Å². The Kier molecular flexibility index (Phi) is 9.35. The molecule has 0 bridgehead atoms. The molecule has 2 atom stereocenters. The monoisotopic (exact) mass is 203 g/mol. The molecule has 3 heteroatoms. The first-order valence-corrected chi connectivity index (χ1v) is 5.73. The van der Waals surface area contributed by atoms with Gasteiger partial charge in [0.05, 0.1) is 12.7 Å². The van der Waals surface area contributed by atoms with Gasteiger partial charge in [-0.3, -0.25) is 0 Å². The van der Waals surface area contributed by atoms with Crippen LogP contribution in [0, 0.1) is 0 Å². The SMILES string of the molecule is CCCC(CC)NCC(O)COCC. The maximum absolute atomic E-state index is 9.51. The van der Waals surface area contributed by atoms with Gasteiger partial charge in [0, 0.05) is 19.2 Å². The molecule has 0 aromatic heterocycles. The van der Waals surface area contributed by atoms with Crippen molar-refractivity contribution in [1.29, 1.82) is 0 Å². The number of ether oxygens (including phenoxy) is 1. The molecule has 0 amide bonds. The molecular formula is C11H25NO2. The van der Waals surface area contributed by atoms with E-state index in [2.05, 4.69) is 19.2 Å². The fourth-order valence-corrected chi connectivity index (χ4v) is 1.41. The summed E-state index contributed by atoms with van der Waals surface area (Å²) < 4.78 is 5.13. The second kappa shape index (κ2) is 9.44. The number of nitrogens with one attached hydrogen (secondary N) is 1. The van der Waals surface area contributed by atoms with Crippen LogP contribution in [0.2, 0.25) is 0 Å². The zero-order valence-electron chi connectivity index (χ0n) is 9.75. The number of rotatable bonds is 9. The van der Waals surface area contributed by atoms with Gasteiger partial charge in [-0.1, -0.05) is 20.3 Å². The van der Waals surface area contributed by atoms with Crippen LogP contribution in [-0.4, -0.2) is 37.0 Å². The van der Waals surface area contributed by atoms with E-state index in [1.807, 2.05) is 6.92 Å². The zero-order chi connectivity index (χ0) is 10.8. The highest BCUT2D eigenvalue weighted by Gasteiger charge is 2.08. The maximum Gasteiger partial charge on any atom is 0.0897 e. The standard InChI is InChI=1S/C11H25NO2/c1-4-7-10(5-2)12-8-11(13)9-14-6-3/h10-13H,4-9H2,1-3H3. The van der Waals surface area contributed by atoms with Crippen LogP contribution in [-0.2, 0) is 4.74 Å². The molecule has 0 radical (unpaired) electrons. The summed E-state index contributed by atoms with van der Waals surface area (Å²) in [6.45, 7) is 8.03. The molecule has 0 aliphatic carbocycles. The maximum atomic E-state index is 9.51. The fraction of sp³-hybridized carbons (Fsp3) is 1.00. The fourth-order valence-electron chi connectivity index (χ4n) is 1.41. The summed E-state index contributed by atoms with van der Waals surface area (Å²) >= 11 is 0. The van der Waals surface area contributed by atoms with Gasteiger partial charge in [-0.2, -0.15) is 0 Å². The molecule has 0 saturated carbocycles. The third-order valence-electron chi connectivity index (χ3n) is 2.29. The minimum atomic E-state index is -0.374. The van der Waals surface area contributed by atoms with Crippen LogP contribution in [0.3, 0.4) is 0 Å². The van der Waals surface area contributed by atoms with Gasteiger partial charge in [0.2, 0.25) is 0 Å². The number of aliphatic hydroxyl groups is 1. The zero-order valence-corrected chi connectivity index (χ0v) is 9.75. The summed E-state index contributed by atoms with van der Waals surface area (Å²) in [5.41, 5.74) is 0. The molecule has 0 aliphatic heterocycles. The van der Waals surface area contributed by atoms with E-state index >= 15 is 0 Å². The van der Waals surface area contributed by atoms with E-state index in [1.54, 1.807) is 0 Å². The molecule has 0 saturated heterocycles. The van der Waals surface area contributed by atoms with Crippen molar-refractivity contribution >= 4 is 0 Å². The molecule has 0 fully saturated rings. The quantitative estimate of drug-likeness (QED) is 0.597. The predicted octanol–water partition coefficient (Wildman–Crippen LogP) is 1.55. The van der Waals surface area contributed by atoms with Crippen molar-refractivity contribution in [3.63, 3.8) is 0 Å². The number of hydrogen-bond donors (Lipinski definition) is 2. The smallest absolute Gasteiger partial charge is 0.0897 e. The Morgan fingerprint density at radius 1 is 1.29 bits per heavy atom. The Morgan fingerprint density at radius 3 is 2.50 bits per heavy atom. The molecule has 0 aliphatic rings. The lowest BCUT2D eigenvalue weighted by Gasteiger charge is -2.18. The van der Waals surface area contributed by atoms with Crippen molar-refractivity contribution < 1.29 is 9.84 Å². The van der Waals surface area contributed by atoms with E-state index in [4.69, 9.17) is 4.74 Å². The van der Waals surface area contributed by atoms with Crippen molar-refractivity contribution in [3.05, 3.63) is 0 Å². The Labute approximate surface area is 87.8 Å². The van der Waals surface area contributed by atoms with Crippen LogP contribution >= 0.6 is 0 Å². The van der Waals surface area contributed by atoms with E-state index in [1.165, 1.54) is 12.8 Å². The summed E-state index contributed by atoms with van der Waals surface area (Å²) in [4.78, 5) is 0. The Bertz CT molecular complexity index is 120. The van der Waals surface area contributed by atoms with Gasteiger partial charge in [0.15, 0.2) is 0 Å². The van der Waals surface area contributed by atoms with Crippen LogP contribution < -0.4 is 5.32 Å². The third-order valence-corrected chi connectivity index (χ3v) is 2.29. The van der Waals surface area contributed by atoms with Gasteiger partial charge in [-0.05, 0) is 19.8 Å². The summed E-state index contributed by atoms with van der Waals surface area (Å²) in [5, 5.41) is 12.9. The van der Waals surface area contributed by atoms with E-state index < -0.39 is 0 Å². The first-order valence-electron chi connectivity index (χ1n) is 5.73. The Morgan fingerprint density at radius 2 is 2.00 bits per heavy atom. The van der Waals surface area contributed by atoms with Gasteiger partial charge in [-0.25, -0.2) is 0 Å². The summed E-state index contributed by atoms with van der Waals surface area (Å²) in [7, 11) is 0. The summed E-state index contributed by atoms with van der Waals surface area (Å²) in [6, 6.07) is 0.538. The molecule has 14 heavy (non-hydrogen) atoms. The van der Waals surface area contributed by atoms with E-state index in [-0.39, 0.29) is 6.10 Å². The minimum absolute atomic E-state index is 0.374. The van der Waals surface area contributed by atoms with Gasteiger partial charge < -0.3 is 15.2 Å². The summed E-state index contributed by atoms with van der Waals surface area (Å²) in [6.07, 6.45) is 3.11. The largest absolute Gasteiger partial charge is 0.389 e. The molecule has 2 N–H and O–H groups in total. The lowest BCUT2D eigenvalue weighted by molar-refractivity contribution is 0.0411. The number of hydrogen-bond acceptors (Lipinski definition) is 3. The van der Waals surface area contributed by atoms with Crippen LogP contribution in [0.4, 0.5) is 0 Å². The van der Waals surface area contributed by atoms with E-state index in [0.717, 1.165) is 6.42 Å². The average Bonchev–Trinajstić information content (AvgIpc) is 2.21. The highest BCUT2D eigenvalue weighted by molar-refractivity contribution is 4.67. The lowest BCUT2D eigenvalue weighted by Crippen LogP contribution is -2.37. The van der Waals surface area contributed by atoms with E-state index in [0.29, 0.717) is 25.8 Å². The molecule has 0 spiro atoms. The van der Waals surface area contributed by atoms with Crippen LogP contribution in [0.15, 0.2) is 0 Å². The van der Waals surface area contributed by atoms with Gasteiger partial charge >= 0.3 is 0 Å². The second-order valence-electron chi connectivity index (χ2n) is 3.62. The van der Waals surface area contributed by atoms with Crippen molar-refractivity contribution in [2.75, 3.05) is 19.8 Å². The van der Waals surface area contributed by atoms with Crippen LogP contribution in [0.5, 0.6) is 0 Å². The summed E-state index contributed by atoms with van der Waals surface area (Å²) in [5.74, 6) is 0. The molecule has 0 aromatic rings. The molecule has 0 heterocycles. The van der Waals surface area contributed by atoms with Crippen molar-refractivity contribution in [2.24, 2.45) is 0 Å². The molecule has 0 aromatic carbocycles. The van der Waals surface area contributed by atoms with Crippen molar-refractivity contribution in [2.45, 2.75) is 52.2 Å². The van der Waals surface area contributed by atoms with Crippen LogP contribution in [0.1, 0.15) is 40.0 Å². The first kappa shape index (κ1) is 13.9.